The van der Waals surface area contributed by atoms with Crippen LogP contribution in [-0.2, 0) is 13.6 Å². The second-order valence-electron chi connectivity index (χ2n) is 7.98. The van der Waals surface area contributed by atoms with E-state index in [9.17, 15) is 4.39 Å². The van der Waals surface area contributed by atoms with Crippen LogP contribution in [0, 0.1) is 18.7 Å². The minimum atomic E-state index is -0.325. The Bertz CT molecular complexity index is 868. The van der Waals surface area contributed by atoms with E-state index in [0.29, 0.717) is 30.8 Å². The number of aryl methyl sites for hydroxylation is 1. The molecule has 0 radical (unpaired) electrons. The minimum absolute atomic E-state index is 0. The van der Waals surface area contributed by atoms with Crippen LogP contribution in [0.3, 0.4) is 0 Å². The first-order valence-electron chi connectivity index (χ1n) is 10.8. The predicted octanol–water partition coefficient (Wildman–Crippen LogP) is 4.27. The highest BCUT2D eigenvalue weighted by Gasteiger charge is 2.22. The van der Waals surface area contributed by atoms with Crippen LogP contribution in [0.2, 0.25) is 0 Å². The number of aliphatic imine (C=N–C) groups is 1. The van der Waals surface area contributed by atoms with Crippen molar-refractivity contribution in [1.29, 1.82) is 0 Å². The molecule has 1 aromatic heterocycles. The van der Waals surface area contributed by atoms with E-state index >= 15 is 0 Å². The van der Waals surface area contributed by atoms with Crippen molar-refractivity contribution >= 4 is 29.9 Å². The van der Waals surface area contributed by atoms with Crippen LogP contribution in [-0.4, -0.2) is 33.9 Å². The smallest absolute Gasteiger partial charge is 0.192 e. The quantitative estimate of drug-likeness (QED) is 0.202. The van der Waals surface area contributed by atoms with Gasteiger partial charge in [-0.2, -0.15) is 0 Å². The molecule has 1 aromatic carbocycles. The molecule has 1 atom stereocenters. The second-order valence-corrected chi connectivity index (χ2v) is 7.98. The van der Waals surface area contributed by atoms with Crippen LogP contribution in [0.15, 0.2) is 23.2 Å². The van der Waals surface area contributed by atoms with Crippen molar-refractivity contribution in [1.82, 2.24) is 25.4 Å². The SMILES string of the molecule is CCCCNC(=NCc1nnc(C)n1C)NC(C)c1ccc(OCC2CC2)c(F)c1.I. The Balaban J connectivity index is 0.00000341. The Morgan fingerprint density at radius 1 is 1.35 bits per heavy atom. The zero-order valence-corrected chi connectivity index (χ0v) is 21.2. The minimum Gasteiger partial charge on any atom is -0.490 e. The average Bonchev–Trinajstić information content (AvgIpc) is 3.51. The molecule has 3 rings (SSSR count). The third kappa shape index (κ3) is 7.62. The summed E-state index contributed by atoms with van der Waals surface area (Å²) in [6.45, 7) is 7.87. The molecule has 1 aliphatic rings. The molecule has 0 spiro atoms. The Morgan fingerprint density at radius 3 is 2.74 bits per heavy atom. The van der Waals surface area contributed by atoms with E-state index in [0.717, 1.165) is 36.6 Å². The van der Waals surface area contributed by atoms with Crippen molar-refractivity contribution < 1.29 is 9.13 Å². The summed E-state index contributed by atoms with van der Waals surface area (Å²) in [7, 11) is 1.93. The monoisotopic (exact) mass is 544 g/mol. The standard InChI is InChI=1S/C22H33FN6O.HI/c1-5-6-11-24-22(25-13-21-28-27-16(3)29(21)4)26-15(2)18-9-10-20(19(23)12-18)30-14-17-7-8-17;/h9-10,12,15,17H,5-8,11,13-14H2,1-4H3,(H2,24,25,26);1H. The zero-order valence-electron chi connectivity index (χ0n) is 18.8. The third-order valence-electron chi connectivity index (χ3n) is 5.36. The van der Waals surface area contributed by atoms with Crippen molar-refractivity contribution in [2.45, 2.75) is 59.0 Å². The molecule has 2 N–H and O–H groups in total. The summed E-state index contributed by atoms with van der Waals surface area (Å²) in [6.07, 6.45) is 4.50. The molecule has 1 aliphatic carbocycles. The molecule has 1 saturated carbocycles. The lowest BCUT2D eigenvalue weighted by Crippen LogP contribution is -2.39. The van der Waals surface area contributed by atoms with Gasteiger partial charge in [-0.1, -0.05) is 19.4 Å². The van der Waals surface area contributed by atoms with Crippen LogP contribution in [0.5, 0.6) is 5.75 Å². The summed E-state index contributed by atoms with van der Waals surface area (Å²) >= 11 is 0. The largest absolute Gasteiger partial charge is 0.490 e. The van der Waals surface area contributed by atoms with Gasteiger partial charge in [-0.05, 0) is 56.7 Å². The number of hydrogen-bond acceptors (Lipinski definition) is 4. The number of guanidine groups is 1. The number of nitrogens with zero attached hydrogens (tertiary/aromatic N) is 4. The van der Waals surface area contributed by atoms with Crippen LogP contribution >= 0.6 is 24.0 Å². The number of benzene rings is 1. The summed E-state index contributed by atoms with van der Waals surface area (Å²) in [4.78, 5) is 4.65. The average molecular weight is 544 g/mol. The van der Waals surface area contributed by atoms with Gasteiger partial charge in [0.2, 0.25) is 0 Å². The number of unbranched alkanes of at least 4 members (excludes halogenated alkanes) is 1. The van der Waals surface area contributed by atoms with Crippen LogP contribution < -0.4 is 15.4 Å². The van der Waals surface area contributed by atoms with E-state index in [1.54, 1.807) is 6.07 Å². The van der Waals surface area contributed by atoms with E-state index < -0.39 is 0 Å². The molecule has 7 nitrogen and oxygen atoms in total. The first kappa shape index (κ1) is 25.4. The van der Waals surface area contributed by atoms with Gasteiger partial charge in [0.25, 0.3) is 0 Å². The molecule has 31 heavy (non-hydrogen) atoms. The molecule has 0 saturated heterocycles. The third-order valence-corrected chi connectivity index (χ3v) is 5.36. The fourth-order valence-corrected chi connectivity index (χ4v) is 2.96. The first-order chi connectivity index (χ1) is 14.5. The van der Waals surface area contributed by atoms with E-state index in [2.05, 4.69) is 32.7 Å². The zero-order chi connectivity index (χ0) is 21.5. The molecule has 1 heterocycles. The molecule has 2 aromatic rings. The maximum absolute atomic E-state index is 14.5. The molecule has 9 heteroatoms. The number of hydrogen-bond donors (Lipinski definition) is 2. The maximum Gasteiger partial charge on any atom is 0.192 e. The van der Waals surface area contributed by atoms with E-state index in [1.807, 2.05) is 31.5 Å². The number of aromatic nitrogens is 3. The van der Waals surface area contributed by atoms with Gasteiger partial charge in [-0.3, -0.25) is 0 Å². The van der Waals surface area contributed by atoms with Gasteiger partial charge < -0.3 is 19.9 Å². The van der Waals surface area contributed by atoms with Gasteiger partial charge in [0.15, 0.2) is 23.4 Å². The highest BCUT2D eigenvalue weighted by molar-refractivity contribution is 14.0. The molecule has 0 aliphatic heterocycles. The molecule has 0 bridgehead atoms. The summed E-state index contributed by atoms with van der Waals surface area (Å²) < 4.78 is 22.0. The van der Waals surface area contributed by atoms with Crippen molar-refractivity contribution in [3.05, 3.63) is 41.2 Å². The first-order valence-corrected chi connectivity index (χ1v) is 10.8. The number of nitrogens with one attached hydrogen (secondary N) is 2. The topological polar surface area (TPSA) is 76.4 Å². The van der Waals surface area contributed by atoms with Crippen LogP contribution in [0.1, 0.15) is 62.8 Å². The molecule has 0 amide bonds. The van der Waals surface area contributed by atoms with Gasteiger partial charge in [-0.25, -0.2) is 9.38 Å². The number of ether oxygens (including phenoxy) is 1. The molecule has 1 unspecified atom stereocenters. The van der Waals surface area contributed by atoms with E-state index in [-0.39, 0.29) is 35.8 Å². The highest BCUT2D eigenvalue weighted by atomic mass is 127. The van der Waals surface area contributed by atoms with E-state index in [4.69, 9.17) is 4.74 Å². The summed E-state index contributed by atoms with van der Waals surface area (Å²) in [5.41, 5.74) is 0.839. The predicted molar refractivity (Wildman–Crippen MR) is 131 cm³/mol. The molecule has 1 fully saturated rings. The highest BCUT2D eigenvalue weighted by Crippen LogP contribution is 2.30. The Labute approximate surface area is 201 Å². The fraction of sp³-hybridized carbons (Fsp3) is 0.591. The maximum atomic E-state index is 14.5. The summed E-state index contributed by atoms with van der Waals surface area (Å²) in [5, 5.41) is 15.0. The number of rotatable bonds is 10. The normalized spacial score (nSPS) is 14.7. The summed E-state index contributed by atoms with van der Waals surface area (Å²) in [6, 6.07) is 5.04. The van der Waals surface area contributed by atoms with Gasteiger partial charge >= 0.3 is 0 Å². The van der Waals surface area contributed by atoms with Gasteiger partial charge in [0.1, 0.15) is 12.4 Å². The lowest BCUT2D eigenvalue weighted by atomic mass is 10.1. The van der Waals surface area contributed by atoms with Gasteiger partial charge in [0.05, 0.1) is 12.6 Å². The fourth-order valence-electron chi connectivity index (χ4n) is 2.96. The lowest BCUT2D eigenvalue weighted by Gasteiger charge is -2.19. The Hall–Kier alpha value is -1.91. The molecular weight excluding hydrogens is 510 g/mol. The molecular formula is C22H34FIN6O. The van der Waals surface area contributed by atoms with Crippen LogP contribution in [0.25, 0.3) is 0 Å². The second kappa shape index (κ2) is 12.2. The van der Waals surface area contributed by atoms with Crippen molar-refractivity contribution in [3.63, 3.8) is 0 Å². The number of halogens is 2. The van der Waals surface area contributed by atoms with E-state index in [1.165, 1.54) is 18.9 Å². The summed E-state index contributed by atoms with van der Waals surface area (Å²) in [5.74, 6) is 2.90. The Morgan fingerprint density at radius 2 is 2.13 bits per heavy atom. The van der Waals surface area contributed by atoms with Crippen molar-refractivity contribution in [3.8, 4) is 5.75 Å². The van der Waals surface area contributed by atoms with Crippen molar-refractivity contribution in [2.75, 3.05) is 13.2 Å². The van der Waals surface area contributed by atoms with Crippen molar-refractivity contribution in [2.24, 2.45) is 18.0 Å². The Kier molecular flexibility index (Phi) is 9.98. The lowest BCUT2D eigenvalue weighted by molar-refractivity contribution is 0.285. The van der Waals surface area contributed by atoms with Crippen LogP contribution in [0.4, 0.5) is 4.39 Å². The van der Waals surface area contributed by atoms with Gasteiger partial charge in [0, 0.05) is 13.6 Å². The molecule has 172 valence electrons. The van der Waals surface area contributed by atoms with Gasteiger partial charge in [-0.15, -0.1) is 34.2 Å².